The van der Waals surface area contributed by atoms with Gasteiger partial charge in [-0.05, 0) is 61.2 Å². The summed E-state index contributed by atoms with van der Waals surface area (Å²) in [5.41, 5.74) is 7.16. The predicted molar refractivity (Wildman–Crippen MR) is 100 cm³/mol. The van der Waals surface area contributed by atoms with Gasteiger partial charge in [0.2, 0.25) is 0 Å². The van der Waals surface area contributed by atoms with E-state index in [1.165, 1.54) is 35.1 Å². The van der Waals surface area contributed by atoms with Crippen LogP contribution < -0.4 is 0 Å². The molecule has 0 heterocycles. The van der Waals surface area contributed by atoms with Crippen LogP contribution in [-0.2, 0) is 0 Å². The summed E-state index contributed by atoms with van der Waals surface area (Å²) in [7, 11) is 4.32. The molecule has 0 fully saturated rings. The van der Waals surface area contributed by atoms with Gasteiger partial charge in [0.05, 0.1) is 0 Å². The Morgan fingerprint density at radius 3 is 2.17 bits per heavy atom. The highest BCUT2D eigenvalue weighted by atomic mass is 15.0. The van der Waals surface area contributed by atoms with Crippen molar-refractivity contribution in [2.45, 2.75) is 19.3 Å². The zero-order chi connectivity index (χ0) is 16.1. The zero-order valence-electron chi connectivity index (χ0n) is 14.1. The molecule has 0 spiro atoms. The van der Waals surface area contributed by atoms with Gasteiger partial charge in [-0.25, -0.2) is 0 Å². The first-order chi connectivity index (χ1) is 11.2. The first kappa shape index (κ1) is 15.8. The molecule has 1 nitrogen and oxygen atoms in total. The third-order valence-electron chi connectivity index (χ3n) is 4.31. The Morgan fingerprint density at radius 1 is 0.870 bits per heavy atom. The minimum absolute atomic E-state index is 1.04. The molecule has 0 aliphatic heterocycles. The molecule has 2 aromatic carbocycles. The molecule has 0 radical (unpaired) electrons. The summed E-state index contributed by atoms with van der Waals surface area (Å²) in [4.78, 5) is 2.28. The lowest BCUT2D eigenvalue weighted by atomic mass is 9.82. The van der Waals surface area contributed by atoms with Gasteiger partial charge in [0.1, 0.15) is 0 Å². The van der Waals surface area contributed by atoms with E-state index in [1.807, 2.05) is 0 Å². The molecule has 118 valence electrons. The molecule has 3 rings (SSSR count). The number of hydrogen-bond donors (Lipinski definition) is 0. The second-order valence-electron chi connectivity index (χ2n) is 6.52. The number of benzene rings is 2. The molecule has 23 heavy (non-hydrogen) atoms. The van der Waals surface area contributed by atoms with Crippen LogP contribution in [0, 0.1) is 0 Å². The summed E-state index contributed by atoms with van der Waals surface area (Å²) in [6.07, 6.45) is 5.99. The average molecular weight is 303 g/mol. The molecule has 0 aromatic heterocycles. The molecule has 1 aliphatic carbocycles. The van der Waals surface area contributed by atoms with E-state index in [0.717, 1.165) is 13.0 Å². The van der Waals surface area contributed by atoms with E-state index in [1.54, 1.807) is 5.57 Å². The Balaban J connectivity index is 2.08. The summed E-state index contributed by atoms with van der Waals surface area (Å²) >= 11 is 0. The highest BCUT2D eigenvalue weighted by Crippen LogP contribution is 2.37. The summed E-state index contributed by atoms with van der Waals surface area (Å²) in [5.74, 6) is 0. The van der Waals surface area contributed by atoms with Crippen LogP contribution in [0.4, 0.5) is 0 Å². The van der Waals surface area contributed by atoms with E-state index >= 15 is 0 Å². The lowest BCUT2D eigenvalue weighted by Gasteiger charge is -2.26. The summed E-state index contributed by atoms with van der Waals surface area (Å²) in [6, 6.07) is 21.6. The number of nitrogens with zero attached hydrogens (tertiary/aromatic N) is 1. The molecule has 1 heteroatoms. The maximum atomic E-state index is 2.37. The maximum absolute atomic E-state index is 2.37. The fraction of sp³-hybridized carbons (Fsp3) is 0.273. The predicted octanol–water partition coefficient (Wildman–Crippen LogP) is 5.27. The highest BCUT2D eigenvalue weighted by Gasteiger charge is 2.19. The van der Waals surface area contributed by atoms with Crippen LogP contribution in [0.2, 0.25) is 0 Å². The van der Waals surface area contributed by atoms with Crippen LogP contribution in [0.1, 0.15) is 30.4 Å². The van der Waals surface area contributed by atoms with Crippen LogP contribution in [0.5, 0.6) is 0 Å². The van der Waals surface area contributed by atoms with Gasteiger partial charge >= 0.3 is 0 Å². The van der Waals surface area contributed by atoms with Gasteiger partial charge in [-0.3, -0.25) is 0 Å². The minimum Gasteiger partial charge on any atom is -0.305 e. The van der Waals surface area contributed by atoms with Crippen LogP contribution in [0.25, 0.3) is 11.6 Å². The van der Waals surface area contributed by atoms with Crippen LogP contribution in [-0.4, -0.2) is 25.5 Å². The van der Waals surface area contributed by atoms with Crippen molar-refractivity contribution in [3.05, 3.63) is 82.9 Å². The summed E-state index contributed by atoms with van der Waals surface area (Å²) in [5, 5.41) is 0. The molecule has 0 amide bonds. The van der Waals surface area contributed by atoms with E-state index < -0.39 is 0 Å². The first-order valence-corrected chi connectivity index (χ1v) is 8.42. The van der Waals surface area contributed by atoms with Gasteiger partial charge in [0, 0.05) is 6.54 Å². The lowest BCUT2D eigenvalue weighted by molar-refractivity contribution is 0.437. The molecule has 0 unspecified atom stereocenters. The number of allylic oxidation sites excluding steroid dienone is 2. The van der Waals surface area contributed by atoms with Gasteiger partial charge in [-0.2, -0.15) is 0 Å². The lowest BCUT2D eigenvalue weighted by Crippen LogP contribution is -2.18. The van der Waals surface area contributed by atoms with Gasteiger partial charge in [0.25, 0.3) is 0 Å². The molecule has 0 N–H and O–H groups in total. The Morgan fingerprint density at radius 2 is 1.52 bits per heavy atom. The molecule has 2 aromatic rings. The fourth-order valence-electron chi connectivity index (χ4n) is 3.40. The molecule has 0 bridgehead atoms. The Labute approximate surface area is 140 Å². The normalized spacial score (nSPS) is 17.1. The van der Waals surface area contributed by atoms with E-state index in [0.29, 0.717) is 0 Å². The minimum atomic E-state index is 1.04. The second-order valence-corrected chi connectivity index (χ2v) is 6.52. The van der Waals surface area contributed by atoms with Gasteiger partial charge in [0.15, 0.2) is 0 Å². The smallest absolute Gasteiger partial charge is 0.0196 e. The SMILES string of the molecule is CN(C)CC1=C(c2ccccc2)/C(=C\c2ccccc2)CCC1. The monoisotopic (exact) mass is 303 g/mol. The molecule has 0 saturated carbocycles. The number of rotatable bonds is 4. The first-order valence-electron chi connectivity index (χ1n) is 8.42. The average Bonchev–Trinajstić information content (AvgIpc) is 2.56. The Kier molecular flexibility index (Phi) is 5.09. The zero-order valence-corrected chi connectivity index (χ0v) is 14.1. The third-order valence-corrected chi connectivity index (χ3v) is 4.31. The van der Waals surface area contributed by atoms with E-state index in [-0.39, 0.29) is 0 Å². The van der Waals surface area contributed by atoms with Crippen molar-refractivity contribution in [2.75, 3.05) is 20.6 Å². The van der Waals surface area contributed by atoms with Crippen molar-refractivity contribution in [1.29, 1.82) is 0 Å². The van der Waals surface area contributed by atoms with Gasteiger partial charge < -0.3 is 4.90 Å². The Hall–Kier alpha value is -2.12. The van der Waals surface area contributed by atoms with Crippen molar-refractivity contribution in [3.63, 3.8) is 0 Å². The molecular weight excluding hydrogens is 278 g/mol. The standard InChI is InChI=1S/C22H25N/c1-23(2)17-21-15-9-14-20(16-18-10-5-3-6-11-18)22(21)19-12-7-4-8-13-19/h3-8,10-13,16H,9,14-15,17H2,1-2H3/b20-16-. The van der Waals surface area contributed by atoms with E-state index in [4.69, 9.17) is 0 Å². The molecule has 1 aliphatic rings. The maximum Gasteiger partial charge on any atom is 0.0196 e. The summed E-state index contributed by atoms with van der Waals surface area (Å²) < 4.78 is 0. The van der Waals surface area contributed by atoms with Gasteiger partial charge in [-0.1, -0.05) is 66.7 Å². The second kappa shape index (κ2) is 7.43. The van der Waals surface area contributed by atoms with Crippen LogP contribution in [0.3, 0.4) is 0 Å². The topological polar surface area (TPSA) is 3.24 Å². The Bertz CT molecular complexity index is 693. The summed E-state index contributed by atoms with van der Waals surface area (Å²) in [6.45, 7) is 1.04. The third kappa shape index (κ3) is 4.00. The van der Waals surface area contributed by atoms with E-state index in [2.05, 4.69) is 85.7 Å². The highest BCUT2D eigenvalue weighted by molar-refractivity contribution is 5.87. The molecular formula is C22H25N. The largest absolute Gasteiger partial charge is 0.305 e. The van der Waals surface area contributed by atoms with Crippen molar-refractivity contribution >= 4 is 11.6 Å². The van der Waals surface area contributed by atoms with Crippen LogP contribution in [0.15, 0.2) is 71.8 Å². The van der Waals surface area contributed by atoms with E-state index in [9.17, 15) is 0 Å². The quantitative estimate of drug-likeness (QED) is 0.744. The van der Waals surface area contributed by atoms with Crippen molar-refractivity contribution in [1.82, 2.24) is 4.90 Å². The van der Waals surface area contributed by atoms with Crippen LogP contribution >= 0.6 is 0 Å². The van der Waals surface area contributed by atoms with Crippen molar-refractivity contribution in [3.8, 4) is 0 Å². The molecule has 0 atom stereocenters. The number of likely N-dealkylation sites (N-methyl/N-ethyl adjacent to an activating group) is 1. The van der Waals surface area contributed by atoms with Crippen molar-refractivity contribution in [2.24, 2.45) is 0 Å². The number of hydrogen-bond acceptors (Lipinski definition) is 1. The fourth-order valence-corrected chi connectivity index (χ4v) is 3.40. The van der Waals surface area contributed by atoms with Gasteiger partial charge in [-0.15, -0.1) is 0 Å². The van der Waals surface area contributed by atoms with Crippen molar-refractivity contribution < 1.29 is 0 Å². The molecule has 0 saturated heterocycles.